The quantitative estimate of drug-likeness (QED) is 0.898. The molecule has 0 aliphatic rings. The monoisotopic (exact) mass is 275 g/mol. The van der Waals surface area contributed by atoms with Crippen LogP contribution in [0.15, 0.2) is 42.5 Å². The van der Waals surface area contributed by atoms with Crippen LogP contribution in [0.1, 0.15) is 18.5 Å². The van der Waals surface area contributed by atoms with Gasteiger partial charge in [0.05, 0.1) is 7.11 Å². The summed E-state index contributed by atoms with van der Waals surface area (Å²) in [6, 6.07) is 14.3. The lowest BCUT2D eigenvalue weighted by Crippen LogP contribution is -2.12. The van der Waals surface area contributed by atoms with Crippen LogP contribution in [0.2, 0.25) is 5.02 Å². The molecule has 0 aromatic heterocycles. The SMILES string of the molecule is CNC(C)c1ccc(-c2ccccc2OC)cc1Cl. The second-order valence-electron chi connectivity index (χ2n) is 4.45. The summed E-state index contributed by atoms with van der Waals surface area (Å²) in [6.07, 6.45) is 0. The molecule has 19 heavy (non-hydrogen) atoms. The third kappa shape index (κ3) is 2.91. The average molecular weight is 276 g/mol. The number of halogens is 1. The molecule has 0 bridgehead atoms. The molecule has 0 heterocycles. The van der Waals surface area contributed by atoms with Crippen molar-refractivity contribution in [1.29, 1.82) is 0 Å². The molecule has 2 aromatic rings. The Morgan fingerprint density at radius 3 is 2.53 bits per heavy atom. The number of methoxy groups -OCH3 is 1. The van der Waals surface area contributed by atoms with Crippen molar-refractivity contribution in [3.05, 3.63) is 53.1 Å². The number of para-hydroxylation sites is 1. The van der Waals surface area contributed by atoms with Gasteiger partial charge in [-0.3, -0.25) is 0 Å². The predicted octanol–water partition coefficient (Wildman–Crippen LogP) is 4.30. The molecular weight excluding hydrogens is 258 g/mol. The summed E-state index contributed by atoms with van der Waals surface area (Å²) in [7, 11) is 3.60. The van der Waals surface area contributed by atoms with Gasteiger partial charge in [-0.2, -0.15) is 0 Å². The van der Waals surface area contributed by atoms with Gasteiger partial charge in [0, 0.05) is 16.6 Å². The van der Waals surface area contributed by atoms with E-state index in [2.05, 4.69) is 24.4 Å². The van der Waals surface area contributed by atoms with Crippen LogP contribution in [0, 0.1) is 0 Å². The molecule has 0 spiro atoms. The topological polar surface area (TPSA) is 21.3 Å². The zero-order valence-electron chi connectivity index (χ0n) is 11.4. The minimum atomic E-state index is 0.235. The van der Waals surface area contributed by atoms with Gasteiger partial charge in [0.25, 0.3) is 0 Å². The Morgan fingerprint density at radius 1 is 1.16 bits per heavy atom. The van der Waals surface area contributed by atoms with Crippen LogP contribution in [0.5, 0.6) is 5.75 Å². The Kier molecular flexibility index (Phi) is 4.46. The molecule has 2 rings (SSSR count). The van der Waals surface area contributed by atoms with Crippen molar-refractivity contribution in [3.8, 4) is 16.9 Å². The fourth-order valence-corrected chi connectivity index (χ4v) is 2.43. The summed E-state index contributed by atoms with van der Waals surface area (Å²) in [6.45, 7) is 2.09. The van der Waals surface area contributed by atoms with Crippen molar-refractivity contribution in [2.45, 2.75) is 13.0 Å². The average Bonchev–Trinajstić information content (AvgIpc) is 2.46. The van der Waals surface area contributed by atoms with E-state index in [9.17, 15) is 0 Å². The van der Waals surface area contributed by atoms with E-state index in [0.717, 1.165) is 27.5 Å². The lowest BCUT2D eigenvalue weighted by molar-refractivity contribution is 0.416. The molecule has 0 radical (unpaired) electrons. The van der Waals surface area contributed by atoms with Crippen molar-refractivity contribution in [1.82, 2.24) is 5.32 Å². The summed E-state index contributed by atoms with van der Waals surface area (Å²) in [4.78, 5) is 0. The van der Waals surface area contributed by atoms with Crippen LogP contribution in [-0.4, -0.2) is 14.2 Å². The van der Waals surface area contributed by atoms with Gasteiger partial charge in [0.15, 0.2) is 0 Å². The fourth-order valence-electron chi connectivity index (χ4n) is 2.08. The first-order valence-electron chi connectivity index (χ1n) is 6.27. The minimum Gasteiger partial charge on any atom is -0.496 e. The van der Waals surface area contributed by atoms with Crippen molar-refractivity contribution >= 4 is 11.6 Å². The molecule has 1 N–H and O–H groups in total. The largest absolute Gasteiger partial charge is 0.496 e. The summed E-state index contributed by atoms with van der Waals surface area (Å²) < 4.78 is 5.38. The molecule has 0 aliphatic carbocycles. The highest BCUT2D eigenvalue weighted by atomic mass is 35.5. The van der Waals surface area contributed by atoms with Gasteiger partial charge in [-0.25, -0.2) is 0 Å². The fraction of sp³-hybridized carbons (Fsp3) is 0.250. The van der Waals surface area contributed by atoms with E-state index in [-0.39, 0.29) is 6.04 Å². The highest BCUT2D eigenvalue weighted by Gasteiger charge is 2.10. The van der Waals surface area contributed by atoms with Crippen LogP contribution in [0.25, 0.3) is 11.1 Å². The van der Waals surface area contributed by atoms with E-state index in [0.29, 0.717) is 0 Å². The maximum atomic E-state index is 6.37. The van der Waals surface area contributed by atoms with Crippen molar-refractivity contribution in [2.24, 2.45) is 0 Å². The lowest BCUT2D eigenvalue weighted by atomic mass is 10.0. The summed E-state index contributed by atoms with van der Waals surface area (Å²) in [5.74, 6) is 0.855. The zero-order valence-corrected chi connectivity index (χ0v) is 12.2. The Bertz CT molecular complexity index is 568. The first kappa shape index (κ1) is 13.9. The van der Waals surface area contributed by atoms with E-state index in [1.165, 1.54) is 0 Å². The van der Waals surface area contributed by atoms with Crippen LogP contribution < -0.4 is 10.1 Å². The van der Waals surface area contributed by atoms with Crippen molar-refractivity contribution < 1.29 is 4.74 Å². The summed E-state index contributed by atoms with van der Waals surface area (Å²) in [5, 5.41) is 3.96. The van der Waals surface area contributed by atoms with Crippen molar-refractivity contribution in [3.63, 3.8) is 0 Å². The number of benzene rings is 2. The maximum Gasteiger partial charge on any atom is 0.126 e. The van der Waals surface area contributed by atoms with E-state index in [1.807, 2.05) is 37.4 Å². The smallest absolute Gasteiger partial charge is 0.126 e. The van der Waals surface area contributed by atoms with E-state index < -0.39 is 0 Å². The number of nitrogens with one attached hydrogen (secondary N) is 1. The first-order valence-corrected chi connectivity index (χ1v) is 6.65. The van der Waals surface area contributed by atoms with Gasteiger partial charge < -0.3 is 10.1 Å². The van der Waals surface area contributed by atoms with Crippen LogP contribution in [0.3, 0.4) is 0 Å². The molecule has 1 unspecified atom stereocenters. The van der Waals surface area contributed by atoms with Crippen LogP contribution in [-0.2, 0) is 0 Å². The Hall–Kier alpha value is -1.51. The molecular formula is C16H18ClNO. The number of ether oxygens (including phenoxy) is 1. The normalized spacial score (nSPS) is 12.2. The molecule has 0 fully saturated rings. The van der Waals surface area contributed by atoms with Gasteiger partial charge in [0.1, 0.15) is 5.75 Å². The molecule has 1 atom stereocenters. The third-order valence-corrected chi connectivity index (χ3v) is 3.65. The summed E-state index contributed by atoms with van der Waals surface area (Å²) >= 11 is 6.37. The molecule has 2 nitrogen and oxygen atoms in total. The van der Waals surface area contributed by atoms with Gasteiger partial charge in [-0.15, -0.1) is 0 Å². The number of hydrogen-bond donors (Lipinski definition) is 1. The Balaban J connectivity index is 2.44. The van der Waals surface area contributed by atoms with Gasteiger partial charge in [-0.05, 0) is 37.2 Å². The highest BCUT2D eigenvalue weighted by Crippen LogP contribution is 2.33. The molecule has 0 amide bonds. The molecule has 0 aliphatic heterocycles. The second-order valence-corrected chi connectivity index (χ2v) is 4.85. The first-order chi connectivity index (χ1) is 9.17. The standard InChI is InChI=1S/C16H18ClNO/c1-11(18-2)13-9-8-12(10-15(13)17)14-6-4-5-7-16(14)19-3/h4-11,18H,1-3H3. The summed E-state index contributed by atoms with van der Waals surface area (Å²) in [5.41, 5.74) is 3.22. The highest BCUT2D eigenvalue weighted by molar-refractivity contribution is 6.31. The van der Waals surface area contributed by atoms with Gasteiger partial charge in [-0.1, -0.05) is 41.9 Å². The van der Waals surface area contributed by atoms with E-state index in [1.54, 1.807) is 7.11 Å². The Labute approximate surface area is 119 Å². The second kappa shape index (κ2) is 6.09. The lowest BCUT2D eigenvalue weighted by Gasteiger charge is -2.14. The van der Waals surface area contributed by atoms with Crippen LogP contribution in [0.4, 0.5) is 0 Å². The Morgan fingerprint density at radius 2 is 1.89 bits per heavy atom. The molecule has 0 saturated carbocycles. The predicted molar refractivity (Wildman–Crippen MR) is 80.9 cm³/mol. The van der Waals surface area contributed by atoms with Gasteiger partial charge in [0.2, 0.25) is 0 Å². The van der Waals surface area contributed by atoms with Gasteiger partial charge >= 0.3 is 0 Å². The van der Waals surface area contributed by atoms with E-state index in [4.69, 9.17) is 16.3 Å². The number of rotatable bonds is 4. The zero-order chi connectivity index (χ0) is 13.8. The molecule has 3 heteroatoms. The van der Waals surface area contributed by atoms with E-state index >= 15 is 0 Å². The van der Waals surface area contributed by atoms with Crippen LogP contribution >= 0.6 is 11.6 Å². The maximum absolute atomic E-state index is 6.37. The third-order valence-electron chi connectivity index (χ3n) is 3.32. The minimum absolute atomic E-state index is 0.235. The van der Waals surface area contributed by atoms with Crippen molar-refractivity contribution in [2.75, 3.05) is 14.2 Å². The molecule has 100 valence electrons. The molecule has 2 aromatic carbocycles. The number of hydrogen-bond acceptors (Lipinski definition) is 2. The molecule has 0 saturated heterocycles.